The molecule has 1 aromatic carbocycles. The van der Waals surface area contributed by atoms with Gasteiger partial charge in [0.25, 0.3) is 0 Å². The van der Waals surface area contributed by atoms with E-state index in [4.69, 9.17) is 5.26 Å². The second-order valence-electron chi connectivity index (χ2n) is 4.34. The fraction of sp³-hybridized carbons (Fsp3) is 0.467. The van der Waals surface area contributed by atoms with Crippen LogP contribution in [0.25, 0.3) is 0 Å². The van der Waals surface area contributed by atoms with Crippen molar-refractivity contribution < 1.29 is 4.79 Å². The number of anilines is 1. The van der Waals surface area contributed by atoms with E-state index in [1.807, 2.05) is 6.07 Å². The minimum absolute atomic E-state index is 0.0325. The molecule has 0 aliphatic heterocycles. The summed E-state index contributed by atoms with van der Waals surface area (Å²) in [5.74, 6) is -0.0325. The Balaban J connectivity index is 2.41. The fourth-order valence-corrected chi connectivity index (χ4v) is 1.91. The van der Waals surface area contributed by atoms with Crippen LogP contribution in [0, 0.1) is 11.3 Å². The number of nitriles is 1. The second kappa shape index (κ2) is 8.28. The summed E-state index contributed by atoms with van der Waals surface area (Å²) in [7, 11) is 0. The van der Waals surface area contributed by atoms with E-state index in [-0.39, 0.29) is 5.91 Å². The molecular weight excluding hydrogens is 238 g/mol. The van der Waals surface area contributed by atoms with Crippen molar-refractivity contribution >= 4 is 11.6 Å². The van der Waals surface area contributed by atoms with Gasteiger partial charge in [0.15, 0.2) is 0 Å². The van der Waals surface area contributed by atoms with E-state index >= 15 is 0 Å². The van der Waals surface area contributed by atoms with Crippen molar-refractivity contribution in [3.05, 3.63) is 29.8 Å². The van der Waals surface area contributed by atoms with Gasteiger partial charge in [-0.05, 0) is 38.2 Å². The number of amides is 1. The van der Waals surface area contributed by atoms with Crippen LogP contribution in [0.5, 0.6) is 0 Å². The van der Waals surface area contributed by atoms with E-state index < -0.39 is 0 Å². The molecule has 0 aliphatic carbocycles. The fourth-order valence-electron chi connectivity index (χ4n) is 1.91. The number of hydrogen-bond donors (Lipinski definition) is 1. The lowest BCUT2D eigenvalue weighted by molar-refractivity contribution is -0.116. The lowest BCUT2D eigenvalue weighted by Crippen LogP contribution is -2.25. The summed E-state index contributed by atoms with van der Waals surface area (Å²) in [6, 6.07) is 9.12. The van der Waals surface area contributed by atoms with E-state index in [1.165, 1.54) is 0 Å². The van der Waals surface area contributed by atoms with Crippen LogP contribution in [0.2, 0.25) is 0 Å². The maximum absolute atomic E-state index is 11.8. The number of benzene rings is 1. The third kappa shape index (κ3) is 5.11. The van der Waals surface area contributed by atoms with Crippen LogP contribution in [0.15, 0.2) is 24.3 Å². The zero-order valence-corrected chi connectivity index (χ0v) is 11.6. The van der Waals surface area contributed by atoms with Crippen LogP contribution < -0.4 is 5.32 Å². The van der Waals surface area contributed by atoms with Gasteiger partial charge >= 0.3 is 0 Å². The Morgan fingerprint density at radius 1 is 1.32 bits per heavy atom. The van der Waals surface area contributed by atoms with Gasteiger partial charge in [0.2, 0.25) is 5.91 Å². The first kappa shape index (κ1) is 15.2. The quantitative estimate of drug-likeness (QED) is 0.819. The number of carbonyl (C=O) groups excluding carboxylic acids is 1. The van der Waals surface area contributed by atoms with E-state index in [2.05, 4.69) is 30.1 Å². The molecule has 4 heteroatoms. The summed E-state index contributed by atoms with van der Waals surface area (Å²) in [4.78, 5) is 14.1. The average molecular weight is 259 g/mol. The van der Waals surface area contributed by atoms with Crippen molar-refractivity contribution in [1.82, 2.24) is 4.90 Å². The Labute approximate surface area is 115 Å². The molecule has 0 heterocycles. The first-order valence-corrected chi connectivity index (χ1v) is 6.72. The molecule has 0 saturated heterocycles. The molecule has 1 aromatic rings. The lowest BCUT2D eigenvalue weighted by Gasteiger charge is -2.17. The van der Waals surface area contributed by atoms with Crippen LogP contribution in [-0.4, -0.2) is 30.4 Å². The van der Waals surface area contributed by atoms with Gasteiger partial charge in [-0.1, -0.05) is 26.0 Å². The van der Waals surface area contributed by atoms with Crippen molar-refractivity contribution in [2.75, 3.05) is 25.0 Å². The minimum Gasteiger partial charge on any atom is -0.325 e. The summed E-state index contributed by atoms with van der Waals surface area (Å²) in [5.41, 5.74) is 1.09. The molecule has 0 unspecified atom stereocenters. The third-order valence-electron chi connectivity index (χ3n) is 3.09. The van der Waals surface area contributed by atoms with Crippen molar-refractivity contribution in [2.24, 2.45) is 0 Å². The van der Waals surface area contributed by atoms with Gasteiger partial charge in [-0.3, -0.25) is 4.79 Å². The molecule has 0 bridgehead atoms. The summed E-state index contributed by atoms with van der Waals surface area (Å²) in [5, 5.41) is 11.7. The number of nitrogens with zero attached hydrogens (tertiary/aromatic N) is 2. The zero-order chi connectivity index (χ0) is 14.1. The van der Waals surface area contributed by atoms with Gasteiger partial charge in [-0.2, -0.15) is 5.26 Å². The maximum Gasteiger partial charge on any atom is 0.224 e. The summed E-state index contributed by atoms with van der Waals surface area (Å²) < 4.78 is 0. The molecule has 0 fully saturated rings. The molecule has 0 spiro atoms. The van der Waals surface area contributed by atoms with Crippen molar-refractivity contribution in [2.45, 2.75) is 26.7 Å². The molecule has 0 aliphatic rings. The largest absolute Gasteiger partial charge is 0.325 e. The van der Waals surface area contributed by atoms with Gasteiger partial charge in [-0.25, -0.2) is 0 Å². The van der Waals surface area contributed by atoms with Crippen molar-refractivity contribution in [3.63, 3.8) is 0 Å². The van der Waals surface area contributed by atoms with Gasteiger partial charge in [0.05, 0.1) is 11.3 Å². The second-order valence-corrected chi connectivity index (χ2v) is 4.34. The van der Waals surface area contributed by atoms with Crippen LogP contribution in [0.3, 0.4) is 0 Å². The van der Waals surface area contributed by atoms with Gasteiger partial charge < -0.3 is 10.2 Å². The molecule has 0 radical (unpaired) electrons. The Hall–Kier alpha value is -1.86. The number of carbonyl (C=O) groups is 1. The van der Waals surface area contributed by atoms with Crippen molar-refractivity contribution in [3.8, 4) is 6.07 Å². The Kier molecular flexibility index (Phi) is 6.62. The van der Waals surface area contributed by atoms with Crippen LogP contribution in [0.4, 0.5) is 5.69 Å². The number of rotatable bonds is 7. The minimum atomic E-state index is -0.0325. The van der Waals surface area contributed by atoms with Crippen LogP contribution in [-0.2, 0) is 4.79 Å². The number of nitrogens with one attached hydrogen (secondary N) is 1. The highest BCUT2D eigenvalue weighted by Gasteiger charge is 2.07. The van der Waals surface area contributed by atoms with Gasteiger partial charge in [0, 0.05) is 6.42 Å². The smallest absolute Gasteiger partial charge is 0.224 e. The normalized spacial score (nSPS) is 10.2. The number of para-hydroxylation sites is 1. The highest BCUT2D eigenvalue weighted by Crippen LogP contribution is 2.13. The van der Waals surface area contributed by atoms with Crippen LogP contribution >= 0.6 is 0 Å². The monoisotopic (exact) mass is 259 g/mol. The Morgan fingerprint density at radius 2 is 2.00 bits per heavy atom. The molecular formula is C15H21N3O. The van der Waals surface area contributed by atoms with E-state index in [0.29, 0.717) is 17.7 Å². The van der Waals surface area contributed by atoms with Crippen LogP contribution in [0.1, 0.15) is 32.3 Å². The molecule has 0 atom stereocenters. The average Bonchev–Trinajstić information content (AvgIpc) is 2.44. The molecule has 0 saturated carbocycles. The molecule has 19 heavy (non-hydrogen) atoms. The van der Waals surface area contributed by atoms with Gasteiger partial charge in [-0.15, -0.1) is 0 Å². The first-order chi connectivity index (χ1) is 9.21. The topological polar surface area (TPSA) is 56.1 Å². The maximum atomic E-state index is 11.8. The first-order valence-electron chi connectivity index (χ1n) is 6.72. The Morgan fingerprint density at radius 3 is 2.63 bits per heavy atom. The molecule has 0 aromatic heterocycles. The molecule has 1 amide bonds. The predicted octanol–water partition coefficient (Wildman–Crippen LogP) is 2.62. The third-order valence-corrected chi connectivity index (χ3v) is 3.09. The molecule has 1 N–H and O–H groups in total. The lowest BCUT2D eigenvalue weighted by atomic mass is 10.2. The number of hydrogen-bond acceptors (Lipinski definition) is 3. The standard InChI is InChI=1S/C15H21N3O/c1-3-18(4-2)11-7-10-15(19)17-14-9-6-5-8-13(14)12-16/h5-6,8-9H,3-4,7,10-11H2,1-2H3,(H,17,19). The van der Waals surface area contributed by atoms with E-state index in [9.17, 15) is 4.79 Å². The van der Waals surface area contributed by atoms with Gasteiger partial charge in [0.1, 0.15) is 6.07 Å². The highest BCUT2D eigenvalue weighted by atomic mass is 16.1. The molecule has 4 nitrogen and oxygen atoms in total. The van der Waals surface area contributed by atoms with Crippen molar-refractivity contribution in [1.29, 1.82) is 5.26 Å². The molecule has 1 rings (SSSR count). The van der Waals surface area contributed by atoms with E-state index in [1.54, 1.807) is 18.2 Å². The summed E-state index contributed by atoms with van der Waals surface area (Å²) >= 11 is 0. The summed E-state index contributed by atoms with van der Waals surface area (Å²) in [6.45, 7) is 7.19. The molecule has 102 valence electrons. The predicted molar refractivity (Wildman–Crippen MR) is 76.8 cm³/mol. The SMILES string of the molecule is CCN(CC)CCCC(=O)Nc1ccccc1C#N. The van der Waals surface area contributed by atoms with E-state index in [0.717, 1.165) is 26.1 Å². The Bertz CT molecular complexity index is 447. The highest BCUT2D eigenvalue weighted by molar-refractivity contribution is 5.92. The summed E-state index contributed by atoms with van der Waals surface area (Å²) in [6.07, 6.45) is 1.32. The zero-order valence-electron chi connectivity index (χ0n) is 11.6.